The van der Waals surface area contributed by atoms with Gasteiger partial charge in [0.2, 0.25) is 11.8 Å². The molecule has 0 radical (unpaired) electrons. The van der Waals surface area contributed by atoms with Crippen molar-refractivity contribution >= 4 is 11.8 Å². The first kappa shape index (κ1) is 12.0. The summed E-state index contributed by atoms with van der Waals surface area (Å²) >= 11 is 0. The summed E-state index contributed by atoms with van der Waals surface area (Å²) in [4.78, 5) is 24.6. The van der Waals surface area contributed by atoms with Gasteiger partial charge in [-0.05, 0) is 6.92 Å². The molecule has 1 aliphatic heterocycles. The maximum atomic E-state index is 11.6. The van der Waals surface area contributed by atoms with Gasteiger partial charge in [-0.15, -0.1) is 0 Å². The molecule has 2 N–H and O–H groups in total. The van der Waals surface area contributed by atoms with Crippen LogP contribution in [0.3, 0.4) is 0 Å². The number of hydrogen-bond acceptors (Lipinski definition) is 3. The molecule has 86 valence electrons. The van der Waals surface area contributed by atoms with Crippen LogP contribution in [-0.2, 0) is 9.59 Å². The van der Waals surface area contributed by atoms with Crippen molar-refractivity contribution in [3.8, 4) is 0 Å². The van der Waals surface area contributed by atoms with Gasteiger partial charge in [-0.1, -0.05) is 0 Å². The molecular weight excluding hydrogens is 194 g/mol. The molecule has 0 saturated carbocycles. The molecule has 2 amide bonds. The minimum atomic E-state index is -0.0408. The van der Waals surface area contributed by atoms with Gasteiger partial charge < -0.3 is 15.5 Å². The van der Waals surface area contributed by atoms with E-state index in [1.165, 1.54) is 0 Å². The summed E-state index contributed by atoms with van der Waals surface area (Å²) in [6.45, 7) is 5.72. The summed E-state index contributed by atoms with van der Waals surface area (Å²) in [7, 11) is 0. The van der Waals surface area contributed by atoms with Crippen molar-refractivity contribution < 1.29 is 9.59 Å². The fraction of sp³-hybridized carbons (Fsp3) is 0.800. The minimum absolute atomic E-state index is 0.0408. The zero-order chi connectivity index (χ0) is 11.1. The predicted octanol–water partition coefficient (Wildman–Crippen LogP) is -0.665. The van der Waals surface area contributed by atoms with Gasteiger partial charge >= 0.3 is 0 Å². The Balaban J connectivity index is 2.19. The van der Waals surface area contributed by atoms with E-state index >= 15 is 0 Å². The first-order chi connectivity index (χ1) is 7.24. The summed E-state index contributed by atoms with van der Waals surface area (Å²) in [5, 5.41) is 5.86. The second kappa shape index (κ2) is 6.40. The zero-order valence-corrected chi connectivity index (χ0v) is 9.21. The van der Waals surface area contributed by atoms with Gasteiger partial charge in [0.25, 0.3) is 0 Å². The normalized spacial score (nSPS) is 16.2. The number of piperazine rings is 1. The SMILES string of the molecule is CCNC(=O)CCC(=O)N1CCNCC1. The molecule has 1 heterocycles. The first-order valence-corrected chi connectivity index (χ1v) is 5.49. The summed E-state index contributed by atoms with van der Waals surface area (Å²) < 4.78 is 0. The van der Waals surface area contributed by atoms with E-state index in [4.69, 9.17) is 0 Å². The zero-order valence-electron chi connectivity index (χ0n) is 9.21. The Morgan fingerprint density at radius 1 is 1.27 bits per heavy atom. The van der Waals surface area contributed by atoms with E-state index in [1.54, 1.807) is 0 Å². The molecule has 0 spiro atoms. The van der Waals surface area contributed by atoms with Gasteiger partial charge in [0, 0.05) is 45.6 Å². The number of carbonyl (C=O) groups excluding carboxylic acids is 2. The van der Waals surface area contributed by atoms with Crippen molar-refractivity contribution in [2.75, 3.05) is 32.7 Å². The highest BCUT2D eigenvalue weighted by Crippen LogP contribution is 1.99. The Kier molecular flexibility index (Phi) is 5.10. The van der Waals surface area contributed by atoms with Crippen LogP contribution in [0.25, 0.3) is 0 Å². The Hall–Kier alpha value is -1.10. The molecule has 0 aromatic heterocycles. The van der Waals surface area contributed by atoms with E-state index in [1.807, 2.05) is 11.8 Å². The van der Waals surface area contributed by atoms with Crippen LogP contribution in [0.5, 0.6) is 0 Å². The number of hydrogen-bond donors (Lipinski definition) is 2. The number of carbonyl (C=O) groups is 2. The second-order valence-corrected chi connectivity index (χ2v) is 3.58. The van der Waals surface area contributed by atoms with E-state index < -0.39 is 0 Å². The molecule has 0 atom stereocenters. The molecule has 15 heavy (non-hydrogen) atoms. The lowest BCUT2D eigenvalue weighted by Crippen LogP contribution is -2.46. The monoisotopic (exact) mass is 213 g/mol. The summed E-state index contributed by atoms with van der Waals surface area (Å²) in [6, 6.07) is 0. The molecule has 1 fully saturated rings. The third kappa shape index (κ3) is 4.29. The van der Waals surface area contributed by atoms with E-state index in [2.05, 4.69) is 10.6 Å². The molecule has 0 unspecified atom stereocenters. The van der Waals surface area contributed by atoms with Crippen molar-refractivity contribution in [2.24, 2.45) is 0 Å². The average molecular weight is 213 g/mol. The molecule has 1 saturated heterocycles. The smallest absolute Gasteiger partial charge is 0.223 e. The maximum absolute atomic E-state index is 11.6. The van der Waals surface area contributed by atoms with Gasteiger partial charge in [0.1, 0.15) is 0 Å². The Bertz CT molecular complexity index is 225. The summed E-state index contributed by atoms with van der Waals surface area (Å²) in [5.41, 5.74) is 0. The van der Waals surface area contributed by atoms with Crippen LogP contribution in [0.15, 0.2) is 0 Å². The molecule has 0 bridgehead atoms. The summed E-state index contributed by atoms with van der Waals surface area (Å²) in [5.74, 6) is 0.0451. The molecule has 1 aliphatic rings. The van der Waals surface area contributed by atoms with Crippen molar-refractivity contribution in [3.05, 3.63) is 0 Å². The van der Waals surface area contributed by atoms with Crippen LogP contribution in [-0.4, -0.2) is 49.4 Å². The van der Waals surface area contributed by atoms with Crippen LogP contribution >= 0.6 is 0 Å². The van der Waals surface area contributed by atoms with Crippen LogP contribution < -0.4 is 10.6 Å². The highest BCUT2D eigenvalue weighted by molar-refractivity contribution is 5.83. The standard InChI is InChI=1S/C10H19N3O2/c1-2-12-9(14)3-4-10(15)13-7-5-11-6-8-13/h11H,2-8H2,1H3,(H,12,14). The molecule has 1 rings (SSSR count). The fourth-order valence-electron chi connectivity index (χ4n) is 1.58. The van der Waals surface area contributed by atoms with Crippen LogP contribution in [0.2, 0.25) is 0 Å². The van der Waals surface area contributed by atoms with Crippen molar-refractivity contribution in [1.29, 1.82) is 0 Å². The average Bonchev–Trinajstić information content (AvgIpc) is 2.27. The molecule has 0 aromatic carbocycles. The lowest BCUT2D eigenvalue weighted by molar-refractivity contribution is -0.134. The minimum Gasteiger partial charge on any atom is -0.356 e. The summed E-state index contributed by atoms with van der Waals surface area (Å²) in [6.07, 6.45) is 0.627. The van der Waals surface area contributed by atoms with Crippen LogP contribution in [0, 0.1) is 0 Å². The van der Waals surface area contributed by atoms with Gasteiger partial charge in [0.15, 0.2) is 0 Å². The molecular formula is C10H19N3O2. The molecule has 5 nitrogen and oxygen atoms in total. The van der Waals surface area contributed by atoms with Crippen molar-refractivity contribution in [2.45, 2.75) is 19.8 Å². The Morgan fingerprint density at radius 3 is 2.53 bits per heavy atom. The topological polar surface area (TPSA) is 61.4 Å². The van der Waals surface area contributed by atoms with Crippen LogP contribution in [0.4, 0.5) is 0 Å². The van der Waals surface area contributed by atoms with Gasteiger partial charge in [0.05, 0.1) is 0 Å². The van der Waals surface area contributed by atoms with E-state index in [0.717, 1.165) is 26.2 Å². The number of nitrogens with zero attached hydrogens (tertiary/aromatic N) is 1. The van der Waals surface area contributed by atoms with E-state index in [-0.39, 0.29) is 11.8 Å². The van der Waals surface area contributed by atoms with Gasteiger partial charge in [-0.3, -0.25) is 9.59 Å². The largest absolute Gasteiger partial charge is 0.356 e. The van der Waals surface area contributed by atoms with Crippen molar-refractivity contribution in [3.63, 3.8) is 0 Å². The lowest BCUT2D eigenvalue weighted by atomic mass is 10.2. The molecule has 5 heteroatoms. The Morgan fingerprint density at radius 2 is 1.93 bits per heavy atom. The maximum Gasteiger partial charge on any atom is 0.223 e. The predicted molar refractivity (Wildman–Crippen MR) is 57.4 cm³/mol. The highest BCUT2D eigenvalue weighted by Gasteiger charge is 2.16. The molecule has 0 aromatic rings. The van der Waals surface area contributed by atoms with Gasteiger partial charge in [-0.25, -0.2) is 0 Å². The quantitative estimate of drug-likeness (QED) is 0.651. The number of nitrogens with one attached hydrogen (secondary N) is 2. The van der Waals surface area contributed by atoms with Crippen LogP contribution in [0.1, 0.15) is 19.8 Å². The van der Waals surface area contributed by atoms with E-state index in [9.17, 15) is 9.59 Å². The van der Waals surface area contributed by atoms with Gasteiger partial charge in [-0.2, -0.15) is 0 Å². The third-order valence-corrected chi connectivity index (χ3v) is 2.41. The van der Waals surface area contributed by atoms with E-state index in [0.29, 0.717) is 19.4 Å². The second-order valence-electron chi connectivity index (χ2n) is 3.58. The number of rotatable bonds is 4. The van der Waals surface area contributed by atoms with Crippen molar-refractivity contribution in [1.82, 2.24) is 15.5 Å². The Labute approximate surface area is 90.2 Å². The number of amides is 2. The lowest BCUT2D eigenvalue weighted by Gasteiger charge is -2.27. The third-order valence-electron chi connectivity index (χ3n) is 2.41. The fourth-order valence-corrected chi connectivity index (χ4v) is 1.58. The highest BCUT2D eigenvalue weighted by atomic mass is 16.2. The first-order valence-electron chi connectivity index (χ1n) is 5.49. The molecule has 0 aliphatic carbocycles.